The Morgan fingerprint density at radius 2 is 2.17 bits per heavy atom. The molecular formula is C14H30N2OSi. The van der Waals surface area contributed by atoms with Gasteiger partial charge in [-0.3, -0.25) is 0 Å². The summed E-state index contributed by atoms with van der Waals surface area (Å²) >= 11 is 0. The van der Waals surface area contributed by atoms with Gasteiger partial charge in [-0.05, 0) is 57.6 Å². The summed E-state index contributed by atoms with van der Waals surface area (Å²) in [6.45, 7) is 7.10. The fraction of sp³-hybridized carbons (Fsp3) is 0.929. The van der Waals surface area contributed by atoms with Crippen LogP contribution in [0.2, 0.25) is 19.1 Å². The van der Waals surface area contributed by atoms with Crippen LogP contribution in [-0.4, -0.2) is 39.7 Å². The SMILES string of the molecule is [2H][C@@H](CC1CCCC/C1=N\N(C)C)[Si](C)(C)OCC. The van der Waals surface area contributed by atoms with Crippen LogP contribution in [0.15, 0.2) is 5.10 Å². The van der Waals surface area contributed by atoms with Crippen LogP contribution in [-0.2, 0) is 4.43 Å². The molecule has 0 N–H and O–H groups in total. The Hall–Kier alpha value is -0.353. The topological polar surface area (TPSA) is 24.8 Å². The van der Waals surface area contributed by atoms with Gasteiger partial charge in [0.15, 0.2) is 8.32 Å². The zero-order valence-electron chi connectivity index (χ0n) is 13.7. The Labute approximate surface area is 115 Å². The quantitative estimate of drug-likeness (QED) is 0.543. The molecule has 18 heavy (non-hydrogen) atoms. The van der Waals surface area contributed by atoms with Crippen LogP contribution in [0, 0.1) is 5.92 Å². The third-order valence-electron chi connectivity index (χ3n) is 3.45. The highest BCUT2D eigenvalue weighted by molar-refractivity contribution is 6.71. The van der Waals surface area contributed by atoms with Crippen LogP contribution >= 0.6 is 0 Å². The van der Waals surface area contributed by atoms with Crippen molar-refractivity contribution in [1.82, 2.24) is 5.01 Å². The van der Waals surface area contributed by atoms with Crippen molar-refractivity contribution >= 4 is 14.0 Å². The van der Waals surface area contributed by atoms with Crippen molar-refractivity contribution in [3.8, 4) is 0 Å². The Morgan fingerprint density at radius 1 is 1.44 bits per heavy atom. The Morgan fingerprint density at radius 3 is 2.78 bits per heavy atom. The summed E-state index contributed by atoms with van der Waals surface area (Å²) in [5.74, 6) is 0.492. The highest BCUT2D eigenvalue weighted by atomic mass is 28.4. The second-order valence-corrected chi connectivity index (χ2v) is 9.76. The van der Waals surface area contributed by atoms with Gasteiger partial charge in [0.05, 0.1) is 0 Å². The van der Waals surface area contributed by atoms with E-state index in [1.54, 1.807) is 0 Å². The largest absolute Gasteiger partial charge is 0.418 e. The second kappa shape index (κ2) is 7.29. The van der Waals surface area contributed by atoms with E-state index >= 15 is 0 Å². The van der Waals surface area contributed by atoms with Crippen molar-refractivity contribution in [3.63, 3.8) is 0 Å². The van der Waals surface area contributed by atoms with Crippen LogP contribution in [0.4, 0.5) is 0 Å². The fourth-order valence-corrected chi connectivity index (χ4v) is 4.28. The molecule has 0 spiro atoms. The zero-order valence-corrected chi connectivity index (χ0v) is 13.7. The zero-order chi connectivity index (χ0) is 14.5. The van der Waals surface area contributed by atoms with Crippen LogP contribution in [0.3, 0.4) is 0 Å². The molecule has 3 nitrogen and oxygen atoms in total. The maximum Gasteiger partial charge on any atom is 0.186 e. The van der Waals surface area contributed by atoms with E-state index in [9.17, 15) is 0 Å². The molecule has 1 fully saturated rings. The van der Waals surface area contributed by atoms with Crippen LogP contribution in [0.5, 0.6) is 0 Å². The molecule has 0 bridgehead atoms. The average molecular weight is 271 g/mol. The summed E-state index contributed by atoms with van der Waals surface area (Å²) in [5, 5.41) is 6.54. The van der Waals surface area contributed by atoms with E-state index in [-0.39, 0.29) is 6.02 Å². The van der Waals surface area contributed by atoms with E-state index in [2.05, 4.69) is 18.2 Å². The summed E-state index contributed by atoms with van der Waals surface area (Å²) in [7, 11) is 2.10. The van der Waals surface area contributed by atoms with Crippen LogP contribution in [0.25, 0.3) is 0 Å². The van der Waals surface area contributed by atoms with Crippen molar-refractivity contribution in [2.75, 3.05) is 20.7 Å². The van der Waals surface area contributed by atoms with Gasteiger partial charge in [-0.1, -0.05) is 6.42 Å². The maximum atomic E-state index is 8.45. The molecule has 0 amide bonds. The first kappa shape index (κ1) is 14.1. The third kappa shape index (κ3) is 5.53. The van der Waals surface area contributed by atoms with E-state index in [0.717, 1.165) is 19.4 Å². The first-order chi connectivity index (χ1) is 8.86. The molecule has 1 rings (SSSR count). The minimum Gasteiger partial charge on any atom is -0.418 e. The van der Waals surface area contributed by atoms with Crippen molar-refractivity contribution in [2.45, 2.75) is 58.1 Å². The molecular weight excluding hydrogens is 240 g/mol. The summed E-state index contributed by atoms with van der Waals surface area (Å²) in [4.78, 5) is 0. The Balaban J connectivity index is 2.67. The molecule has 4 heteroatoms. The maximum absolute atomic E-state index is 8.45. The summed E-state index contributed by atoms with van der Waals surface area (Å²) in [5.41, 5.74) is 1.30. The predicted molar refractivity (Wildman–Crippen MR) is 81.6 cm³/mol. The number of rotatable bonds is 6. The van der Waals surface area contributed by atoms with E-state index in [0.29, 0.717) is 5.92 Å². The Bertz CT molecular complexity index is 308. The molecule has 1 unspecified atom stereocenters. The highest BCUT2D eigenvalue weighted by Crippen LogP contribution is 2.28. The van der Waals surface area contributed by atoms with E-state index in [1.165, 1.54) is 25.0 Å². The Kier molecular flexibility index (Phi) is 5.69. The highest BCUT2D eigenvalue weighted by Gasteiger charge is 2.27. The molecule has 0 aromatic rings. The average Bonchev–Trinajstić information content (AvgIpc) is 2.30. The number of hydrazone groups is 1. The normalized spacial score (nSPS) is 25.9. The molecule has 1 aliphatic carbocycles. The van der Waals surface area contributed by atoms with Gasteiger partial charge < -0.3 is 9.43 Å². The second-order valence-electron chi connectivity index (χ2n) is 5.86. The molecule has 0 aliphatic heterocycles. The molecule has 1 saturated carbocycles. The lowest BCUT2D eigenvalue weighted by atomic mass is 9.85. The third-order valence-corrected chi connectivity index (χ3v) is 5.70. The van der Waals surface area contributed by atoms with E-state index in [1.807, 2.05) is 26.0 Å². The standard InChI is InChI=1S/C14H30N2OSi/c1-6-17-18(4,5)12-11-13-9-7-8-10-14(13)15-16(2)3/h13H,6-12H2,1-5H3/b15-14+/i12D/t12-,13?/m0/s1. The van der Waals surface area contributed by atoms with Crippen molar-refractivity contribution in [3.05, 3.63) is 0 Å². The molecule has 2 atom stereocenters. The van der Waals surface area contributed by atoms with E-state index in [4.69, 9.17) is 5.80 Å². The first-order valence-corrected chi connectivity index (χ1v) is 10.2. The smallest absolute Gasteiger partial charge is 0.186 e. The van der Waals surface area contributed by atoms with Gasteiger partial charge in [0.2, 0.25) is 0 Å². The molecule has 106 valence electrons. The van der Waals surface area contributed by atoms with Crippen molar-refractivity contribution < 1.29 is 5.80 Å². The van der Waals surface area contributed by atoms with E-state index < -0.39 is 8.32 Å². The van der Waals surface area contributed by atoms with Gasteiger partial charge in [-0.2, -0.15) is 5.10 Å². The minimum absolute atomic E-state index is 0.0529. The van der Waals surface area contributed by atoms with Gasteiger partial charge in [0.25, 0.3) is 0 Å². The lowest BCUT2D eigenvalue weighted by molar-refractivity contribution is 0.325. The van der Waals surface area contributed by atoms with Crippen molar-refractivity contribution in [2.24, 2.45) is 11.0 Å². The molecule has 0 saturated heterocycles. The molecule has 0 heterocycles. The van der Waals surface area contributed by atoms with Gasteiger partial charge in [0, 0.05) is 27.8 Å². The summed E-state index contributed by atoms with van der Waals surface area (Å²) in [6.07, 6.45) is 5.75. The predicted octanol–water partition coefficient (Wildman–Crippen LogP) is 3.73. The molecule has 0 aromatic heterocycles. The van der Waals surface area contributed by atoms with Crippen molar-refractivity contribution in [1.29, 1.82) is 0 Å². The van der Waals surface area contributed by atoms with Gasteiger partial charge >= 0.3 is 0 Å². The van der Waals surface area contributed by atoms with Gasteiger partial charge in [0.1, 0.15) is 0 Å². The first-order valence-electron chi connectivity index (χ1n) is 7.75. The lowest BCUT2D eigenvalue weighted by Gasteiger charge is -2.28. The van der Waals surface area contributed by atoms with Crippen LogP contribution in [0.1, 0.15) is 40.4 Å². The van der Waals surface area contributed by atoms with Gasteiger partial charge in [-0.25, -0.2) is 0 Å². The molecule has 0 aromatic carbocycles. The van der Waals surface area contributed by atoms with Crippen LogP contribution < -0.4 is 0 Å². The number of hydrogen-bond acceptors (Lipinski definition) is 3. The monoisotopic (exact) mass is 271 g/mol. The molecule has 0 radical (unpaired) electrons. The van der Waals surface area contributed by atoms with Gasteiger partial charge in [-0.15, -0.1) is 0 Å². The minimum atomic E-state index is -1.86. The summed E-state index contributed by atoms with van der Waals surface area (Å²) < 4.78 is 14.3. The number of nitrogens with zero attached hydrogens (tertiary/aromatic N) is 2. The fourth-order valence-electron chi connectivity index (χ4n) is 2.57. The molecule has 1 aliphatic rings. The summed E-state index contributed by atoms with van der Waals surface area (Å²) in [6, 6.07) is -0.0529. The lowest BCUT2D eigenvalue weighted by Crippen LogP contribution is -2.32. The number of hydrogen-bond donors (Lipinski definition) is 0.